The lowest BCUT2D eigenvalue weighted by atomic mass is 10.1. The van der Waals surface area contributed by atoms with Crippen LogP contribution in [0.3, 0.4) is 0 Å². The van der Waals surface area contributed by atoms with E-state index >= 15 is 0 Å². The van der Waals surface area contributed by atoms with Gasteiger partial charge in [0.1, 0.15) is 11.6 Å². The van der Waals surface area contributed by atoms with E-state index in [0.717, 1.165) is 36.6 Å². The van der Waals surface area contributed by atoms with Crippen LogP contribution in [0.1, 0.15) is 25.0 Å². The average molecular weight is 306 g/mol. The Hall–Kier alpha value is -1.68. The van der Waals surface area contributed by atoms with Crippen LogP contribution in [-0.4, -0.2) is 30.7 Å². The molecule has 0 aliphatic carbocycles. The normalized spacial score (nSPS) is 18.5. The fourth-order valence-electron chi connectivity index (χ4n) is 3.08. The molecule has 0 N–H and O–H groups in total. The van der Waals surface area contributed by atoms with Crippen molar-refractivity contribution in [3.8, 4) is 0 Å². The quantitative estimate of drug-likeness (QED) is 0.764. The topological polar surface area (TPSA) is 6.48 Å². The van der Waals surface area contributed by atoms with Gasteiger partial charge in [0, 0.05) is 24.8 Å². The van der Waals surface area contributed by atoms with Gasteiger partial charge in [0.2, 0.25) is 0 Å². The minimum Gasteiger partial charge on any atom is -0.357 e. The van der Waals surface area contributed by atoms with Crippen LogP contribution < -0.4 is 4.90 Å². The average Bonchev–Trinajstić information content (AvgIpc) is 2.87. The first-order valence-electron chi connectivity index (χ1n) is 7.68. The van der Waals surface area contributed by atoms with Crippen molar-refractivity contribution in [2.45, 2.75) is 33.7 Å². The lowest BCUT2D eigenvalue weighted by Crippen LogP contribution is -2.32. The van der Waals surface area contributed by atoms with Crippen molar-refractivity contribution in [3.63, 3.8) is 0 Å². The number of anilines is 1. The standard InChI is InChI=1S/C18H24F2N2/c1-5-6-16(19)11-15(4)21-7-8-22(12-21)18-13(2)9-17(20)10-14(18)3/h5-6,9-11,15H,7-8,12H2,1-4H3/b6-5+,16-11+. The highest BCUT2D eigenvalue weighted by molar-refractivity contribution is 5.59. The Kier molecular flexibility index (Phi) is 5.35. The molecule has 22 heavy (non-hydrogen) atoms. The number of hydrogen-bond donors (Lipinski definition) is 0. The minimum absolute atomic E-state index is 0.0299. The Morgan fingerprint density at radius 1 is 1.23 bits per heavy atom. The third-order valence-electron chi connectivity index (χ3n) is 4.08. The van der Waals surface area contributed by atoms with Crippen LogP contribution in [0, 0.1) is 19.7 Å². The molecule has 0 bridgehead atoms. The molecule has 2 rings (SSSR count). The summed E-state index contributed by atoms with van der Waals surface area (Å²) in [6, 6.07) is 3.17. The smallest absolute Gasteiger partial charge is 0.123 e. The third kappa shape index (κ3) is 3.74. The largest absolute Gasteiger partial charge is 0.357 e. The summed E-state index contributed by atoms with van der Waals surface area (Å²) in [6.07, 6.45) is 4.80. The summed E-state index contributed by atoms with van der Waals surface area (Å²) in [6.45, 7) is 10.1. The molecule has 1 aromatic rings. The van der Waals surface area contributed by atoms with Crippen molar-refractivity contribution >= 4 is 5.69 Å². The zero-order valence-electron chi connectivity index (χ0n) is 13.7. The first-order valence-corrected chi connectivity index (χ1v) is 7.68. The predicted molar refractivity (Wildman–Crippen MR) is 88.3 cm³/mol. The molecule has 1 saturated heterocycles. The highest BCUT2D eigenvalue weighted by Crippen LogP contribution is 2.28. The van der Waals surface area contributed by atoms with Gasteiger partial charge in [0.05, 0.1) is 6.67 Å². The van der Waals surface area contributed by atoms with Crippen LogP contribution >= 0.6 is 0 Å². The van der Waals surface area contributed by atoms with Gasteiger partial charge in [-0.1, -0.05) is 6.08 Å². The second kappa shape index (κ2) is 7.05. The highest BCUT2D eigenvalue weighted by atomic mass is 19.1. The van der Waals surface area contributed by atoms with E-state index < -0.39 is 0 Å². The summed E-state index contributed by atoms with van der Waals surface area (Å²) in [5, 5.41) is 0. The Morgan fingerprint density at radius 3 is 2.45 bits per heavy atom. The molecule has 1 atom stereocenters. The van der Waals surface area contributed by atoms with Gasteiger partial charge >= 0.3 is 0 Å². The van der Waals surface area contributed by atoms with Crippen molar-refractivity contribution in [2.75, 3.05) is 24.7 Å². The molecular formula is C18H24F2N2. The Bertz CT molecular complexity index is 570. The van der Waals surface area contributed by atoms with Gasteiger partial charge in [0.15, 0.2) is 0 Å². The lowest BCUT2D eigenvalue weighted by Gasteiger charge is -2.25. The summed E-state index contributed by atoms with van der Waals surface area (Å²) in [5.41, 5.74) is 2.99. The number of nitrogens with zero attached hydrogens (tertiary/aromatic N) is 2. The van der Waals surface area contributed by atoms with Crippen LogP contribution in [0.5, 0.6) is 0 Å². The maximum absolute atomic E-state index is 13.6. The summed E-state index contributed by atoms with van der Waals surface area (Å²) in [7, 11) is 0. The lowest BCUT2D eigenvalue weighted by molar-refractivity contribution is 0.300. The van der Waals surface area contributed by atoms with Gasteiger partial charge in [-0.2, -0.15) is 0 Å². The molecular weight excluding hydrogens is 282 g/mol. The number of rotatable bonds is 4. The maximum Gasteiger partial charge on any atom is 0.123 e. The van der Waals surface area contributed by atoms with Crippen molar-refractivity contribution in [2.24, 2.45) is 0 Å². The van der Waals surface area contributed by atoms with Crippen LogP contribution in [0.2, 0.25) is 0 Å². The molecule has 4 heteroatoms. The Labute approximate surface area is 131 Å². The Balaban J connectivity index is 2.12. The van der Waals surface area contributed by atoms with E-state index in [1.165, 1.54) is 6.08 Å². The second-order valence-electron chi connectivity index (χ2n) is 5.90. The molecule has 1 heterocycles. The van der Waals surface area contributed by atoms with Crippen LogP contribution in [0.25, 0.3) is 0 Å². The first kappa shape index (κ1) is 16.7. The van der Waals surface area contributed by atoms with Crippen molar-refractivity contribution < 1.29 is 8.78 Å². The van der Waals surface area contributed by atoms with E-state index in [1.54, 1.807) is 31.2 Å². The first-order chi connectivity index (χ1) is 10.4. The molecule has 0 amide bonds. The maximum atomic E-state index is 13.6. The van der Waals surface area contributed by atoms with Gasteiger partial charge < -0.3 is 4.90 Å². The molecule has 1 unspecified atom stereocenters. The minimum atomic E-state index is -0.206. The monoisotopic (exact) mass is 306 g/mol. The zero-order valence-corrected chi connectivity index (χ0v) is 13.7. The van der Waals surface area contributed by atoms with Gasteiger partial charge in [-0.3, -0.25) is 4.90 Å². The molecule has 1 aliphatic heterocycles. The second-order valence-corrected chi connectivity index (χ2v) is 5.90. The molecule has 0 spiro atoms. The van der Waals surface area contributed by atoms with E-state index in [0.29, 0.717) is 0 Å². The van der Waals surface area contributed by atoms with Crippen LogP contribution in [0.15, 0.2) is 36.2 Å². The summed E-state index contributed by atoms with van der Waals surface area (Å²) in [4.78, 5) is 4.45. The van der Waals surface area contributed by atoms with Gasteiger partial charge in [-0.15, -0.1) is 0 Å². The van der Waals surface area contributed by atoms with Crippen LogP contribution in [-0.2, 0) is 0 Å². The van der Waals surface area contributed by atoms with E-state index in [4.69, 9.17) is 0 Å². The molecule has 120 valence electrons. The van der Waals surface area contributed by atoms with Crippen molar-refractivity contribution in [1.29, 1.82) is 0 Å². The van der Waals surface area contributed by atoms with E-state index in [1.807, 2.05) is 20.8 Å². The molecule has 1 aliphatic rings. The fourth-order valence-corrected chi connectivity index (χ4v) is 3.08. The van der Waals surface area contributed by atoms with Gasteiger partial charge in [0.25, 0.3) is 0 Å². The Morgan fingerprint density at radius 2 is 1.86 bits per heavy atom. The van der Waals surface area contributed by atoms with Gasteiger partial charge in [-0.25, -0.2) is 8.78 Å². The number of allylic oxidation sites excluding steroid dienone is 3. The SMILES string of the molecule is C/C=C/C(F)=C\C(C)N1CCN(c2c(C)cc(F)cc2C)C1. The van der Waals surface area contributed by atoms with E-state index in [9.17, 15) is 8.78 Å². The molecule has 0 saturated carbocycles. The summed E-state index contributed by atoms with van der Waals surface area (Å²) >= 11 is 0. The highest BCUT2D eigenvalue weighted by Gasteiger charge is 2.25. The number of aryl methyl sites for hydroxylation is 2. The third-order valence-corrected chi connectivity index (χ3v) is 4.08. The summed E-state index contributed by atoms with van der Waals surface area (Å²) in [5.74, 6) is -0.401. The van der Waals surface area contributed by atoms with E-state index in [2.05, 4.69) is 9.80 Å². The summed E-state index contributed by atoms with van der Waals surface area (Å²) < 4.78 is 27.0. The fraction of sp³-hybridized carbons (Fsp3) is 0.444. The van der Waals surface area contributed by atoms with E-state index in [-0.39, 0.29) is 17.7 Å². The molecule has 1 fully saturated rings. The number of hydrogen-bond acceptors (Lipinski definition) is 2. The molecule has 1 aromatic carbocycles. The zero-order chi connectivity index (χ0) is 16.3. The van der Waals surface area contributed by atoms with Crippen molar-refractivity contribution in [1.82, 2.24) is 4.90 Å². The van der Waals surface area contributed by atoms with Gasteiger partial charge in [-0.05, 0) is 63.1 Å². The van der Waals surface area contributed by atoms with Crippen LogP contribution in [0.4, 0.5) is 14.5 Å². The number of benzene rings is 1. The predicted octanol–water partition coefficient (Wildman–Crippen LogP) is 4.34. The molecule has 0 radical (unpaired) electrons. The number of halogens is 2. The molecule has 2 nitrogen and oxygen atoms in total. The molecule has 0 aromatic heterocycles. The van der Waals surface area contributed by atoms with Crippen molar-refractivity contribution in [3.05, 3.63) is 53.1 Å².